The van der Waals surface area contributed by atoms with Gasteiger partial charge in [0.25, 0.3) is 0 Å². The van der Waals surface area contributed by atoms with Crippen LogP contribution in [0, 0.1) is 6.92 Å². The number of hydrogen-bond acceptors (Lipinski definition) is 3. The first-order valence-corrected chi connectivity index (χ1v) is 6.67. The zero-order valence-electron chi connectivity index (χ0n) is 10.2. The molecule has 1 rings (SSSR count). The zero-order chi connectivity index (χ0) is 13.7. The fourth-order valence-electron chi connectivity index (χ4n) is 1.47. The topological polar surface area (TPSA) is 83.5 Å². The van der Waals surface area contributed by atoms with Crippen molar-refractivity contribution >= 4 is 22.7 Å². The predicted octanol–water partition coefficient (Wildman–Crippen LogP) is 0.692. The minimum absolute atomic E-state index is 0.139. The first kappa shape index (κ1) is 14.4. The van der Waals surface area contributed by atoms with Gasteiger partial charge in [-0.25, -0.2) is 4.79 Å². The summed E-state index contributed by atoms with van der Waals surface area (Å²) in [6.07, 6.45) is 0. The van der Waals surface area contributed by atoms with Crippen molar-refractivity contribution < 1.29 is 18.9 Å². The highest BCUT2D eigenvalue weighted by Crippen LogP contribution is 2.13. The molecule has 5 nitrogen and oxygen atoms in total. The SMILES string of the molecule is CC(=O)NC(CS(=O)c1ccccc1C)C(=O)O. The molecule has 1 aromatic carbocycles. The Morgan fingerprint density at radius 3 is 2.50 bits per heavy atom. The van der Waals surface area contributed by atoms with E-state index < -0.39 is 28.7 Å². The second-order valence-electron chi connectivity index (χ2n) is 3.87. The van der Waals surface area contributed by atoms with Gasteiger partial charge in [0.1, 0.15) is 6.04 Å². The number of carbonyl (C=O) groups is 2. The zero-order valence-corrected chi connectivity index (χ0v) is 11.0. The van der Waals surface area contributed by atoms with Crippen LogP contribution in [0.15, 0.2) is 29.2 Å². The van der Waals surface area contributed by atoms with E-state index in [0.717, 1.165) is 5.56 Å². The van der Waals surface area contributed by atoms with Crippen molar-refractivity contribution in [3.63, 3.8) is 0 Å². The lowest BCUT2D eigenvalue weighted by Crippen LogP contribution is -2.43. The summed E-state index contributed by atoms with van der Waals surface area (Å²) in [4.78, 5) is 22.4. The van der Waals surface area contributed by atoms with Gasteiger partial charge in [-0.1, -0.05) is 18.2 Å². The van der Waals surface area contributed by atoms with Crippen molar-refractivity contribution in [2.24, 2.45) is 0 Å². The summed E-state index contributed by atoms with van der Waals surface area (Å²) < 4.78 is 12.1. The monoisotopic (exact) mass is 269 g/mol. The molecule has 1 amide bonds. The quantitative estimate of drug-likeness (QED) is 0.824. The highest BCUT2D eigenvalue weighted by atomic mass is 32.2. The molecule has 0 saturated heterocycles. The maximum absolute atomic E-state index is 12.1. The summed E-state index contributed by atoms with van der Waals surface area (Å²) in [5, 5.41) is 11.2. The Bertz CT molecular complexity index is 487. The molecule has 0 aliphatic heterocycles. The second kappa shape index (κ2) is 6.30. The molecule has 0 aliphatic carbocycles. The normalized spacial score (nSPS) is 13.7. The average Bonchev–Trinajstić information content (AvgIpc) is 2.27. The molecule has 0 radical (unpaired) electrons. The number of nitrogens with one attached hydrogen (secondary N) is 1. The van der Waals surface area contributed by atoms with Gasteiger partial charge in [-0.15, -0.1) is 0 Å². The third-order valence-electron chi connectivity index (χ3n) is 2.33. The third kappa shape index (κ3) is 3.96. The van der Waals surface area contributed by atoms with E-state index in [-0.39, 0.29) is 5.75 Å². The fourth-order valence-corrected chi connectivity index (χ4v) is 2.84. The van der Waals surface area contributed by atoms with E-state index in [0.29, 0.717) is 4.90 Å². The molecular formula is C12H15NO4S. The van der Waals surface area contributed by atoms with Crippen molar-refractivity contribution in [3.05, 3.63) is 29.8 Å². The minimum atomic E-state index is -1.46. The summed E-state index contributed by atoms with van der Waals surface area (Å²) in [5.74, 6) is -1.78. The minimum Gasteiger partial charge on any atom is -0.480 e. The fraction of sp³-hybridized carbons (Fsp3) is 0.333. The number of aryl methyl sites for hydroxylation is 1. The van der Waals surface area contributed by atoms with Crippen molar-refractivity contribution in [2.75, 3.05) is 5.75 Å². The van der Waals surface area contributed by atoms with E-state index >= 15 is 0 Å². The lowest BCUT2D eigenvalue weighted by Gasteiger charge is -2.13. The Balaban J connectivity index is 2.82. The molecule has 0 fully saturated rings. The number of rotatable bonds is 5. The molecule has 0 spiro atoms. The van der Waals surface area contributed by atoms with E-state index in [2.05, 4.69) is 5.32 Å². The standard InChI is InChI=1S/C12H15NO4S/c1-8-5-3-4-6-11(8)18(17)7-10(12(15)16)13-9(2)14/h3-6,10H,7H2,1-2H3,(H,13,14)(H,15,16). The predicted molar refractivity (Wildman–Crippen MR) is 67.7 cm³/mol. The van der Waals surface area contributed by atoms with E-state index in [9.17, 15) is 13.8 Å². The summed E-state index contributed by atoms with van der Waals surface area (Å²) in [7, 11) is -1.46. The lowest BCUT2D eigenvalue weighted by atomic mass is 10.2. The summed E-state index contributed by atoms with van der Waals surface area (Å²) in [5.41, 5.74) is 0.836. The summed E-state index contributed by atoms with van der Waals surface area (Å²) in [6.45, 7) is 3.04. The molecular weight excluding hydrogens is 254 g/mol. The smallest absolute Gasteiger partial charge is 0.327 e. The summed E-state index contributed by atoms with van der Waals surface area (Å²) in [6, 6.07) is 5.93. The molecule has 2 atom stereocenters. The highest BCUT2D eigenvalue weighted by molar-refractivity contribution is 7.85. The van der Waals surface area contributed by atoms with Gasteiger partial charge in [0.15, 0.2) is 0 Å². The number of carboxylic acid groups (broad SMARTS) is 1. The Hall–Kier alpha value is -1.69. The largest absolute Gasteiger partial charge is 0.480 e. The molecule has 18 heavy (non-hydrogen) atoms. The number of hydrogen-bond donors (Lipinski definition) is 2. The van der Waals surface area contributed by atoms with Crippen LogP contribution in [-0.4, -0.2) is 33.0 Å². The Labute approximate surface area is 108 Å². The Kier molecular flexibility index (Phi) is 5.03. The van der Waals surface area contributed by atoms with E-state index in [1.54, 1.807) is 25.1 Å². The molecule has 2 N–H and O–H groups in total. The summed E-state index contributed by atoms with van der Waals surface area (Å²) >= 11 is 0. The molecule has 0 saturated carbocycles. The molecule has 6 heteroatoms. The first-order valence-electron chi connectivity index (χ1n) is 5.35. The highest BCUT2D eigenvalue weighted by Gasteiger charge is 2.22. The number of benzene rings is 1. The van der Waals surface area contributed by atoms with Crippen molar-refractivity contribution in [2.45, 2.75) is 24.8 Å². The molecule has 0 heterocycles. The molecule has 98 valence electrons. The van der Waals surface area contributed by atoms with Gasteiger partial charge in [-0.3, -0.25) is 9.00 Å². The van der Waals surface area contributed by atoms with Crippen molar-refractivity contribution in [3.8, 4) is 0 Å². The van der Waals surface area contributed by atoms with Gasteiger partial charge in [-0.2, -0.15) is 0 Å². The van der Waals surface area contributed by atoms with Crippen LogP contribution in [0.25, 0.3) is 0 Å². The van der Waals surface area contributed by atoms with Crippen LogP contribution in [0.5, 0.6) is 0 Å². The van der Waals surface area contributed by atoms with Gasteiger partial charge >= 0.3 is 5.97 Å². The third-order valence-corrected chi connectivity index (χ3v) is 3.92. The van der Waals surface area contributed by atoms with Gasteiger partial charge in [0.2, 0.25) is 5.91 Å². The van der Waals surface area contributed by atoms with Crippen LogP contribution in [0.2, 0.25) is 0 Å². The molecule has 0 bridgehead atoms. The maximum Gasteiger partial charge on any atom is 0.327 e. The van der Waals surface area contributed by atoms with Crippen LogP contribution in [-0.2, 0) is 20.4 Å². The molecule has 2 unspecified atom stereocenters. The van der Waals surface area contributed by atoms with Gasteiger partial charge in [0, 0.05) is 11.8 Å². The van der Waals surface area contributed by atoms with Crippen molar-refractivity contribution in [1.29, 1.82) is 0 Å². The van der Waals surface area contributed by atoms with Crippen LogP contribution in [0.4, 0.5) is 0 Å². The van der Waals surface area contributed by atoms with E-state index in [4.69, 9.17) is 5.11 Å². The average molecular weight is 269 g/mol. The van der Waals surface area contributed by atoms with E-state index in [1.165, 1.54) is 6.92 Å². The van der Waals surface area contributed by atoms with Crippen LogP contribution < -0.4 is 5.32 Å². The number of carboxylic acids is 1. The van der Waals surface area contributed by atoms with E-state index in [1.807, 2.05) is 6.07 Å². The molecule has 0 aromatic heterocycles. The van der Waals surface area contributed by atoms with Crippen LogP contribution >= 0.6 is 0 Å². The number of carbonyl (C=O) groups excluding carboxylic acids is 1. The van der Waals surface area contributed by atoms with Gasteiger partial charge < -0.3 is 10.4 Å². The number of amides is 1. The molecule has 1 aromatic rings. The first-order chi connectivity index (χ1) is 8.41. The van der Waals surface area contributed by atoms with Gasteiger partial charge in [0.05, 0.1) is 16.6 Å². The lowest BCUT2D eigenvalue weighted by molar-refractivity contribution is -0.140. The Morgan fingerprint density at radius 1 is 1.39 bits per heavy atom. The maximum atomic E-state index is 12.1. The number of aliphatic carboxylic acids is 1. The van der Waals surface area contributed by atoms with Crippen molar-refractivity contribution in [1.82, 2.24) is 5.32 Å². The second-order valence-corrected chi connectivity index (χ2v) is 5.33. The van der Waals surface area contributed by atoms with Gasteiger partial charge in [-0.05, 0) is 18.6 Å². The van der Waals surface area contributed by atoms with Crippen LogP contribution in [0.3, 0.4) is 0 Å². The van der Waals surface area contributed by atoms with Crippen LogP contribution in [0.1, 0.15) is 12.5 Å². The molecule has 0 aliphatic rings. The Morgan fingerprint density at radius 2 is 2.00 bits per heavy atom.